The number of carbonyl (C=O) groups is 2. The van der Waals surface area contributed by atoms with Gasteiger partial charge in [0.05, 0.1) is 22.9 Å². The first-order valence-corrected chi connectivity index (χ1v) is 15.7. The number of nitrogens with two attached hydrogens (primary N) is 2. The Morgan fingerprint density at radius 2 is 1.89 bits per heavy atom. The molecule has 2 amide bonds. The average molecular weight is 658 g/mol. The van der Waals surface area contributed by atoms with Crippen molar-refractivity contribution in [2.45, 2.75) is 50.4 Å². The van der Waals surface area contributed by atoms with Crippen LogP contribution in [0.25, 0.3) is 16.2 Å². The second-order valence-corrected chi connectivity index (χ2v) is 12.8. The van der Waals surface area contributed by atoms with Gasteiger partial charge in [0.2, 0.25) is 5.91 Å². The van der Waals surface area contributed by atoms with Gasteiger partial charge in [0.1, 0.15) is 23.4 Å². The Morgan fingerprint density at radius 3 is 2.60 bits per heavy atom. The molecule has 14 heteroatoms. The van der Waals surface area contributed by atoms with Gasteiger partial charge in [0, 0.05) is 61.7 Å². The second kappa shape index (κ2) is 12.7. The van der Waals surface area contributed by atoms with Crippen LogP contribution in [-0.4, -0.2) is 74.5 Å². The van der Waals surface area contributed by atoms with Crippen LogP contribution in [-0.2, 0) is 22.5 Å². The summed E-state index contributed by atoms with van der Waals surface area (Å²) in [6, 6.07) is 8.56. The molecular formula is C31H34ClF2N7O3S. The first kappa shape index (κ1) is 31.5. The van der Waals surface area contributed by atoms with Crippen LogP contribution in [0.3, 0.4) is 0 Å². The number of aromatic nitrogens is 3. The fourth-order valence-corrected chi connectivity index (χ4v) is 7.43. The normalized spacial score (nSPS) is 22.6. The van der Waals surface area contributed by atoms with Gasteiger partial charge in [-0.3, -0.25) is 14.5 Å². The first-order valence-electron chi connectivity index (χ1n) is 14.9. The Morgan fingerprint density at radius 1 is 1.09 bits per heavy atom. The number of halogens is 3. The summed E-state index contributed by atoms with van der Waals surface area (Å²) in [4.78, 5) is 35.2. The topological polar surface area (TPSA) is 132 Å². The number of fused-ring (bicyclic) bond motifs is 3. The minimum atomic E-state index is -0.726. The molecule has 6 heterocycles. The van der Waals surface area contributed by atoms with E-state index in [2.05, 4.69) is 4.90 Å². The number of carbonyl (C=O) groups excluding carboxylic acids is 2. The SMILES string of the molecule is Cl.NC(=O)C1CCN(C(=O)c2cc(-c3cccs3)n3nc4c(c3n2)CN([C@H]2CO[C@H](c3cc(F)ccc3F)[C@@H](N)C2)CC4)CC1. The highest BCUT2D eigenvalue weighted by Crippen LogP contribution is 2.35. The molecule has 2 saturated heterocycles. The van der Waals surface area contributed by atoms with Gasteiger partial charge in [-0.15, -0.1) is 23.7 Å². The van der Waals surface area contributed by atoms with Gasteiger partial charge in [-0.05, 0) is 55.0 Å². The lowest BCUT2D eigenvalue weighted by Crippen LogP contribution is -2.50. The molecule has 0 aliphatic carbocycles. The fraction of sp³-hybridized carbons (Fsp3) is 0.419. The predicted octanol–water partition coefficient (Wildman–Crippen LogP) is 3.71. The quantitative estimate of drug-likeness (QED) is 0.335. The smallest absolute Gasteiger partial charge is 0.272 e. The number of ether oxygens (including phenoxy) is 1. The number of nitrogens with zero attached hydrogens (tertiary/aromatic N) is 5. The van der Waals surface area contributed by atoms with Crippen molar-refractivity contribution in [2.75, 3.05) is 26.2 Å². The third-order valence-corrected chi connectivity index (χ3v) is 10.0. The van der Waals surface area contributed by atoms with Gasteiger partial charge >= 0.3 is 0 Å². The van der Waals surface area contributed by atoms with Crippen LogP contribution in [0.1, 0.15) is 52.7 Å². The van der Waals surface area contributed by atoms with Gasteiger partial charge in [0.15, 0.2) is 5.65 Å². The summed E-state index contributed by atoms with van der Waals surface area (Å²) in [7, 11) is 0. The molecule has 7 rings (SSSR count). The molecule has 3 aromatic heterocycles. The van der Waals surface area contributed by atoms with E-state index >= 15 is 0 Å². The molecule has 0 unspecified atom stereocenters. The highest BCUT2D eigenvalue weighted by Gasteiger charge is 2.37. The monoisotopic (exact) mass is 657 g/mol. The summed E-state index contributed by atoms with van der Waals surface area (Å²) >= 11 is 1.56. The van der Waals surface area contributed by atoms with Gasteiger partial charge in [-0.1, -0.05) is 6.07 Å². The number of piperidine rings is 1. The Balaban J connectivity index is 0.00000357. The van der Waals surface area contributed by atoms with Crippen LogP contribution in [0.2, 0.25) is 0 Å². The maximum absolute atomic E-state index is 14.5. The van der Waals surface area contributed by atoms with Crippen LogP contribution in [0.4, 0.5) is 8.78 Å². The van der Waals surface area contributed by atoms with Crippen molar-refractivity contribution in [3.8, 4) is 10.6 Å². The van der Waals surface area contributed by atoms with Gasteiger partial charge < -0.3 is 21.1 Å². The summed E-state index contributed by atoms with van der Waals surface area (Å²) in [5, 5.41) is 6.92. The molecule has 10 nitrogen and oxygen atoms in total. The number of likely N-dealkylation sites (tertiary alicyclic amines) is 1. The van der Waals surface area contributed by atoms with Crippen LogP contribution < -0.4 is 11.5 Å². The molecule has 3 atom stereocenters. The molecule has 0 saturated carbocycles. The van der Waals surface area contributed by atoms with E-state index in [1.165, 1.54) is 0 Å². The molecule has 0 radical (unpaired) electrons. The molecule has 0 spiro atoms. The van der Waals surface area contributed by atoms with Crippen molar-refractivity contribution in [2.24, 2.45) is 17.4 Å². The van der Waals surface area contributed by atoms with E-state index in [4.69, 9.17) is 26.3 Å². The van der Waals surface area contributed by atoms with E-state index < -0.39 is 23.8 Å². The van der Waals surface area contributed by atoms with Crippen LogP contribution in [0.15, 0.2) is 41.8 Å². The number of hydrogen-bond acceptors (Lipinski definition) is 8. The van der Waals surface area contributed by atoms with Crippen LogP contribution >= 0.6 is 23.7 Å². The van der Waals surface area contributed by atoms with Crippen LogP contribution in [0, 0.1) is 17.6 Å². The van der Waals surface area contributed by atoms with Crippen molar-refractivity contribution in [1.29, 1.82) is 0 Å². The van der Waals surface area contributed by atoms with E-state index in [1.54, 1.807) is 22.3 Å². The highest BCUT2D eigenvalue weighted by atomic mass is 35.5. The number of amides is 2. The third-order valence-electron chi connectivity index (χ3n) is 9.12. The van der Waals surface area contributed by atoms with Crippen LogP contribution in [0.5, 0.6) is 0 Å². The molecule has 2 fully saturated rings. The molecule has 45 heavy (non-hydrogen) atoms. The molecule has 3 aliphatic heterocycles. The standard InChI is InChI=1S/C31H33F2N7O3S.ClH/c32-18-3-4-22(33)20(12-18)28-23(34)13-19(16-43-28)39-10-7-24-21(15-39)30-36-25(14-26(40(30)37-24)27-2-1-11-44-27)31(42)38-8-5-17(6-9-38)29(35)41;/h1-4,11-12,14,17,19,23,28H,5-10,13,15-16,34H2,(H2,35,41);1H/t19-,23+,28-;/m1./s1. The zero-order valence-electron chi connectivity index (χ0n) is 24.4. The maximum Gasteiger partial charge on any atom is 0.272 e. The largest absolute Gasteiger partial charge is 0.370 e. The molecule has 4 aromatic rings. The number of benzene rings is 1. The summed E-state index contributed by atoms with van der Waals surface area (Å²) in [6.45, 7) is 2.48. The van der Waals surface area contributed by atoms with Gasteiger partial charge in [-0.25, -0.2) is 18.3 Å². The second-order valence-electron chi connectivity index (χ2n) is 11.8. The summed E-state index contributed by atoms with van der Waals surface area (Å²) < 4.78 is 36.2. The number of primary amides is 1. The highest BCUT2D eigenvalue weighted by molar-refractivity contribution is 7.13. The summed E-state index contributed by atoms with van der Waals surface area (Å²) in [5.74, 6) is -1.79. The molecule has 4 N–H and O–H groups in total. The van der Waals surface area contributed by atoms with Crippen molar-refractivity contribution in [3.63, 3.8) is 0 Å². The first-order chi connectivity index (χ1) is 21.3. The lowest BCUT2D eigenvalue weighted by Gasteiger charge is -2.41. The van der Waals surface area contributed by atoms with Crippen molar-refractivity contribution in [3.05, 3.63) is 75.9 Å². The lowest BCUT2D eigenvalue weighted by atomic mass is 9.92. The van der Waals surface area contributed by atoms with Gasteiger partial charge in [0.25, 0.3) is 5.91 Å². The van der Waals surface area contributed by atoms with E-state index in [1.807, 2.05) is 22.0 Å². The Kier molecular flexibility index (Phi) is 8.90. The van der Waals surface area contributed by atoms with E-state index in [9.17, 15) is 18.4 Å². The molecule has 0 bridgehead atoms. The number of hydrogen-bond donors (Lipinski definition) is 2. The van der Waals surface area contributed by atoms with E-state index in [0.29, 0.717) is 63.3 Å². The van der Waals surface area contributed by atoms with Crippen molar-refractivity contribution >= 4 is 41.2 Å². The minimum Gasteiger partial charge on any atom is -0.370 e. The fourth-order valence-electron chi connectivity index (χ4n) is 6.70. The van der Waals surface area contributed by atoms with Crippen molar-refractivity contribution < 1.29 is 23.1 Å². The zero-order valence-corrected chi connectivity index (χ0v) is 26.0. The lowest BCUT2D eigenvalue weighted by molar-refractivity contribution is -0.123. The molecule has 1 aromatic carbocycles. The minimum absolute atomic E-state index is 0. The third kappa shape index (κ3) is 5.95. The molecule has 238 valence electrons. The zero-order chi connectivity index (χ0) is 30.5. The Hall–Kier alpha value is -3.49. The maximum atomic E-state index is 14.5. The van der Waals surface area contributed by atoms with Gasteiger partial charge in [-0.2, -0.15) is 5.10 Å². The summed E-state index contributed by atoms with van der Waals surface area (Å²) in [6.07, 6.45) is 1.58. The number of rotatable bonds is 5. The number of thiophene rings is 1. The Labute approximate surface area is 268 Å². The summed E-state index contributed by atoms with van der Waals surface area (Å²) in [5.41, 5.74) is 15.8. The molecule has 3 aliphatic rings. The average Bonchev–Trinajstić information content (AvgIpc) is 3.70. The van der Waals surface area contributed by atoms with E-state index in [0.717, 1.165) is 46.6 Å². The molecular weight excluding hydrogens is 624 g/mol. The van der Waals surface area contributed by atoms with Crippen molar-refractivity contribution in [1.82, 2.24) is 24.4 Å². The Bertz CT molecular complexity index is 1730. The van der Waals surface area contributed by atoms with E-state index in [-0.39, 0.29) is 41.7 Å². The predicted molar refractivity (Wildman–Crippen MR) is 167 cm³/mol.